The molecule has 15 heavy (non-hydrogen) atoms. The summed E-state index contributed by atoms with van der Waals surface area (Å²) in [4.78, 5) is 8.56. The molecule has 3 nitrogen and oxygen atoms in total. The van der Waals surface area contributed by atoms with Gasteiger partial charge < -0.3 is 4.74 Å². The molecule has 1 rings (SSSR count). The summed E-state index contributed by atoms with van der Waals surface area (Å²) in [5.74, 6) is 1.37. The van der Waals surface area contributed by atoms with E-state index in [4.69, 9.17) is 4.74 Å². The van der Waals surface area contributed by atoms with E-state index >= 15 is 0 Å². The first-order chi connectivity index (χ1) is 6.98. The van der Waals surface area contributed by atoms with Gasteiger partial charge in [-0.3, -0.25) is 0 Å². The second-order valence-corrected chi connectivity index (χ2v) is 4.80. The largest absolute Gasteiger partial charge is 0.497 e. The van der Waals surface area contributed by atoms with Gasteiger partial charge in [0.25, 0.3) is 0 Å². The molecule has 1 heterocycles. The van der Waals surface area contributed by atoms with Gasteiger partial charge in [-0.1, -0.05) is 6.58 Å². The van der Waals surface area contributed by atoms with Gasteiger partial charge in [-0.05, 0) is 26.3 Å². The summed E-state index contributed by atoms with van der Waals surface area (Å²) < 4.78 is 5.40. The molecule has 0 aliphatic carbocycles. The van der Waals surface area contributed by atoms with E-state index in [9.17, 15) is 0 Å². The highest BCUT2D eigenvalue weighted by atomic mass is 31.0. The van der Waals surface area contributed by atoms with E-state index < -0.39 is 5.16 Å². The fourth-order valence-corrected chi connectivity index (χ4v) is 1.34. The van der Waals surface area contributed by atoms with E-state index in [1.54, 1.807) is 12.4 Å². The highest BCUT2D eigenvalue weighted by Crippen LogP contribution is 2.35. The zero-order valence-electron chi connectivity index (χ0n) is 9.45. The summed E-state index contributed by atoms with van der Waals surface area (Å²) in [6, 6.07) is 0. The minimum Gasteiger partial charge on any atom is -0.497 e. The van der Waals surface area contributed by atoms with Crippen molar-refractivity contribution in [1.82, 2.24) is 9.97 Å². The first-order valence-corrected chi connectivity index (χ1v) is 5.46. The van der Waals surface area contributed by atoms with Crippen LogP contribution in [0.3, 0.4) is 0 Å². The van der Waals surface area contributed by atoms with E-state index in [0.29, 0.717) is 18.2 Å². The van der Waals surface area contributed by atoms with Crippen molar-refractivity contribution in [1.29, 1.82) is 0 Å². The number of aryl methyl sites for hydroxylation is 1. The summed E-state index contributed by atoms with van der Waals surface area (Å²) in [6.45, 7) is 10.4. The first-order valence-electron chi connectivity index (χ1n) is 4.88. The van der Waals surface area contributed by atoms with Gasteiger partial charge in [-0.15, -0.1) is 9.24 Å². The predicted octanol–water partition coefficient (Wildman–Crippen LogP) is 2.43. The average Bonchev–Trinajstić information content (AvgIpc) is 2.18. The molecule has 2 atom stereocenters. The summed E-state index contributed by atoms with van der Waals surface area (Å²) >= 11 is 0. The summed E-state index contributed by atoms with van der Waals surface area (Å²) in [5, 5.41) is -0.427. The molecule has 0 aliphatic heterocycles. The Balaban J connectivity index is 2.94. The van der Waals surface area contributed by atoms with Crippen LogP contribution in [0.4, 0.5) is 0 Å². The van der Waals surface area contributed by atoms with Gasteiger partial charge in [0.2, 0.25) is 0 Å². The summed E-state index contributed by atoms with van der Waals surface area (Å²) in [5.41, 5.74) is 1.04. The van der Waals surface area contributed by atoms with Crippen molar-refractivity contribution < 1.29 is 4.74 Å². The van der Waals surface area contributed by atoms with Crippen LogP contribution >= 0.6 is 9.24 Å². The standard InChI is InChI=1S/C11H17N2OP/c1-5-14-9(3)11(4,15)10-12-6-8(2)7-13-10/h6-7H,3,5,15H2,1-2,4H3. The van der Waals surface area contributed by atoms with Crippen molar-refractivity contribution in [3.63, 3.8) is 0 Å². The number of hydrogen-bond acceptors (Lipinski definition) is 3. The van der Waals surface area contributed by atoms with E-state index in [1.165, 1.54) is 0 Å². The Bertz CT molecular complexity index is 346. The topological polar surface area (TPSA) is 35.0 Å². The normalized spacial score (nSPS) is 14.4. The number of allylic oxidation sites excluding steroid dienone is 1. The Hall–Kier alpha value is -0.950. The molecule has 0 N–H and O–H groups in total. The van der Waals surface area contributed by atoms with E-state index in [-0.39, 0.29) is 0 Å². The van der Waals surface area contributed by atoms with E-state index in [1.807, 2.05) is 20.8 Å². The third-order valence-corrected chi connectivity index (χ3v) is 2.72. The Morgan fingerprint density at radius 3 is 2.53 bits per heavy atom. The Kier molecular flexibility index (Phi) is 3.81. The lowest BCUT2D eigenvalue weighted by molar-refractivity contribution is 0.204. The highest BCUT2D eigenvalue weighted by molar-refractivity contribution is 7.18. The van der Waals surface area contributed by atoms with Gasteiger partial charge >= 0.3 is 0 Å². The Morgan fingerprint density at radius 1 is 1.53 bits per heavy atom. The maximum Gasteiger partial charge on any atom is 0.145 e. The molecule has 0 aliphatic rings. The number of rotatable bonds is 4. The quantitative estimate of drug-likeness (QED) is 0.582. The van der Waals surface area contributed by atoms with Gasteiger partial charge in [-0.2, -0.15) is 0 Å². The monoisotopic (exact) mass is 224 g/mol. The van der Waals surface area contributed by atoms with Crippen LogP contribution in [-0.2, 0) is 9.89 Å². The van der Waals surface area contributed by atoms with Crippen molar-refractivity contribution in [3.05, 3.63) is 36.1 Å². The third-order valence-electron chi connectivity index (χ3n) is 2.14. The molecule has 82 valence electrons. The van der Waals surface area contributed by atoms with Crippen molar-refractivity contribution in [2.45, 2.75) is 25.9 Å². The van der Waals surface area contributed by atoms with Gasteiger partial charge in [0.05, 0.1) is 11.8 Å². The van der Waals surface area contributed by atoms with Crippen LogP contribution < -0.4 is 0 Å². The van der Waals surface area contributed by atoms with Crippen LogP contribution in [0, 0.1) is 6.92 Å². The van der Waals surface area contributed by atoms with Gasteiger partial charge in [-0.25, -0.2) is 9.97 Å². The van der Waals surface area contributed by atoms with Crippen LogP contribution in [-0.4, -0.2) is 16.6 Å². The molecular weight excluding hydrogens is 207 g/mol. The van der Waals surface area contributed by atoms with Gasteiger partial charge in [0, 0.05) is 12.4 Å². The van der Waals surface area contributed by atoms with Crippen LogP contribution in [0.5, 0.6) is 0 Å². The average molecular weight is 224 g/mol. The van der Waals surface area contributed by atoms with Crippen LogP contribution in [0.1, 0.15) is 25.2 Å². The maximum absolute atomic E-state index is 5.40. The molecular formula is C11H17N2OP. The van der Waals surface area contributed by atoms with Crippen molar-refractivity contribution in [2.24, 2.45) is 0 Å². The van der Waals surface area contributed by atoms with Crippen LogP contribution in [0.2, 0.25) is 0 Å². The zero-order chi connectivity index (χ0) is 11.5. The smallest absolute Gasteiger partial charge is 0.145 e. The zero-order valence-corrected chi connectivity index (χ0v) is 10.6. The Labute approximate surface area is 93.2 Å². The molecule has 1 aromatic rings. The van der Waals surface area contributed by atoms with Gasteiger partial charge in [0.1, 0.15) is 11.6 Å². The van der Waals surface area contributed by atoms with E-state index in [2.05, 4.69) is 25.8 Å². The SMILES string of the molecule is C=C(OCC)C(C)(P)c1ncc(C)cn1. The summed E-state index contributed by atoms with van der Waals surface area (Å²) in [7, 11) is 2.69. The maximum atomic E-state index is 5.40. The van der Waals surface area contributed by atoms with Crippen LogP contribution in [0.25, 0.3) is 0 Å². The molecule has 0 aromatic carbocycles. The molecule has 4 heteroatoms. The predicted molar refractivity (Wildman–Crippen MR) is 64.6 cm³/mol. The third kappa shape index (κ3) is 2.75. The fraction of sp³-hybridized carbons (Fsp3) is 0.455. The van der Waals surface area contributed by atoms with Crippen molar-refractivity contribution >= 4 is 9.24 Å². The fourth-order valence-electron chi connectivity index (χ4n) is 1.11. The molecule has 2 unspecified atom stereocenters. The lowest BCUT2D eigenvalue weighted by Gasteiger charge is -2.24. The molecule has 0 radical (unpaired) electrons. The molecule has 0 amide bonds. The lowest BCUT2D eigenvalue weighted by Crippen LogP contribution is -2.21. The second kappa shape index (κ2) is 4.71. The first kappa shape index (κ1) is 12.1. The minimum atomic E-state index is -0.427. The van der Waals surface area contributed by atoms with E-state index in [0.717, 1.165) is 5.56 Å². The van der Waals surface area contributed by atoms with Gasteiger partial charge in [0.15, 0.2) is 0 Å². The molecule has 0 fully saturated rings. The van der Waals surface area contributed by atoms with Crippen molar-refractivity contribution in [2.75, 3.05) is 6.61 Å². The molecule has 0 saturated carbocycles. The molecule has 0 spiro atoms. The molecule has 1 aromatic heterocycles. The summed E-state index contributed by atoms with van der Waals surface area (Å²) in [6.07, 6.45) is 3.59. The minimum absolute atomic E-state index is 0.427. The number of hydrogen-bond donors (Lipinski definition) is 0. The number of aromatic nitrogens is 2. The van der Waals surface area contributed by atoms with Crippen molar-refractivity contribution in [3.8, 4) is 0 Å². The lowest BCUT2D eigenvalue weighted by atomic mass is 10.1. The second-order valence-electron chi connectivity index (χ2n) is 3.64. The molecule has 0 bridgehead atoms. The Morgan fingerprint density at radius 2 is 2.07 bits per heavy atom. The highest BCUT2D eigenvalue weighted by Gasteiger charge is 2.29. The number of ether oxygens (including phenoxy) is 1. The number of nitrogens with zero attached hydrogens (tertiary/aromatic N) is 2. The van der Waals surface area contributed by atoms with Crippen LogP contribution in [0.15, 0.2) is 24.7 Å². The molecule has 0 saturated heterocycles.